The molecule has 5 atom stereocenters. The van der Waals surface area contributed by atoms with Crippen molar-refractivity contribution in [3.8, 4) is 0 Å². The number of hydrogen-bond acceptors (Lipinski definition) is 6. The van der Waals surface area contributed by atoms with Crippen molar-refractivity contribution in [2.24, 2.45) is 0 Å². The van der Waals surface area contributed by atoms with Crippen LogP contribution in [0.4, 0.5) is 0 Å². The van der Waals surface area contributed by atoms with Crippen LogP contribution in [0.2, 0.25) is 0 Å². The third kappa shape index (κ3) is 3.32. The lowest BCUT2D eigenvalue weighted by Crippen LogP contribution is -2.44. The van der Waals surface area contributed by atoms with Gasteiger partial charge in [-0.1, -0.05) is 13.3 Å². The number of ether oxygens (including phenoxy) is 6. The largest absolute Gasteiger partial charge is 0.372 e. The van der Waals surface area contributed by atoms with E-state index in [9.17, 15) is 0 Å². The molecule has 0 spiro atoms. The summed E-state index contributed by atoms with van der Waals surface area (Å²) >= 11 is 0. The molecular formula is C16H28O6. The highest BCUT2D eigenvalue weighted by molar-refractivity contribution is 4.98. The van der Waals surface area contributed by atoms with E-state index < -0.39 is 17.9 Å². The molecule has 0 aromatic heterocycles. The molecule has 0 aliphatic carbocycles. The first-order chi connectivity index (χ1) is 10.3. The smallest absolute Gasteiger partial charge is 0.190 e. The highest BCUT2D eigenvalue weighted by Crippen LogP contribution is 2.41. The van der Waals surface area contributed by atoms with Crippen LogP contribution in [-0.2, 0) is 28.4 Å². The van der Waals surface area contributed by atoms with Gasteiger partial charge in [-0.15, -0.1) is 0 Å². The summed E-state index contributed by atoms with van der Waals surface area (Å²) in [7, 11) is 0. The minimum absolute atomic E-state index is 0.164. The average molecular weight is 316 g/mol. The third-order valence-corrected chi connectivity index (χ3v) is 4.23. The van der Waals surface area contributed by atoms with Crippen molar-refractivity contribution >= 4 is 0 Å². The Morgan fingerprint density at radius 1 is 1.00 bits per heavy atom. The minimum Gasteiger partial charge on any atom is -0.372 e. The second-order valence-electron chi connectivity index (χ2n) is 7.13. The van der Waals surface area contributed by atoms with Crippen LogP contribution < -0.4 is 0 Å². The predicted molar refractivity (Wildman–Crippen MR) is 78.3 cm³/mol. The van der Waals surface area contributed by atoms with Crippen LogP contribution in [0.5, 0.6) is 0 Å². The van der Waals surface area contributed by atoms with Crippen LogP contribution in [0.15, 0.2) is 0 Å². The van der Waals surface area contributed by atoms with Gasteiger partial charge in [-0.25, -0.2) is 0 Å². The van der Waals surface area contributed by atoms with Gasteiger partial charge in [0.25, 0.3) is 0 Å². The second-order valence-corrected chi connectivity index (χ2v) is 7.13. The maximum absolute atomic E-state index is 6.08. The van der Waals surface area contributed by atoms with Crippen molar-refractivity contribution in [1.82, 2.24) is 0 Å². The van der Waals surface area contributed by atoms with Crippen LogP contribution in [0.25, 0.3) is 0 Å². The fraction of sp³-hybridized carbons (Fsp3) is 1.00. The van der Waals surface area contributed by atoms with Crippen molar-refractivity contribution in [3.05, 3.63) is 0 Å². The maximum Gasteiger partial charge on any atom is 0.190 e. The normalized spacial score (nSPS) is 42.7. The molecule has 22 heavy (non-hydrogen) atoms. The number of rotatable bonds is 5. The van der Waals surface area contributed by atoms with Crippen molar-refractivity contribution in [3.63, 3.8) is 0 Å². The lowest BCUT2D eigenvalue weighted by molar-refractivity contribution is -0.236. The molecular weight excluding hydrogens is 288 g/mol. The lowest BCUT2D eigenvalue weighted by Gasteiger charge is -2.29. The van der Waals surface area contributed by atoms with Crippen molar-refractivity contribution in [2.75, 3.05) is 13.2 Å². The summed E-state index contributed by atoms with van der Waals surface area (Å²) < 4.78 is 35.6. The van der Waals surface area contributed by atoms with E-state index in [1.807, 2.05) is 27.7 Å². The van der Waals surface area contributed by atoms with Gasteiger partial charge < -0.3 is 28.4 Å². The molecule has 3 fully saturated rings. The molecule has 0 radical (unpaired) electrons. The first kappa shape index (κ1) is 16.6. The lowest BCUT2D eigenvalue weighted by atomic mass is 10.1. The summed E-state index contributed by atoms with van der Waals surface area (Å²) in [5, 5.41) is 0. The summed E-state index contributed by atoms with van der Waals surface area (Å²) in [5.41, 5.74) is 0. The van der Waals surface area contributed by atoms with Gasteiger partial charge in [-0.3, -0.25) is 0 Å². The number of unbranched alkanes of at least 4 members (excludes halogenated alkanes) is 1. The fourth-order valence-corrected chi connectivity index (χ4v) is 3.23. The van der Waals surface area contributed by atoms with Gasteiger partial charge in [0.1, 0.15) is 24.4 Å². The molecule has 0 amide bonds. The van der Waals surface area contributed by atoms with Gasteiger partial charge in [0.15, 0.2) is 17.9 Å². The zero-order valence-corrected chi connectivity index (χ0v) is 14.2. The molecule has 3 heterocycles. The van der Waals surface area contributed by atoms with Crippen LogP contribution in [0.1, 0.15) is 47.5 Å². The van der Waals surface area contributed by atoms with Gasteiger partial charge in [0.05, 0.1) is 6.61 Å². The van der Waals surface area contributed by atoms with Gasteiger partial charge in [-0.05, 0) is 34.1 Å². The molecule has 0 saturated carbocycles. The molecule has 1 unspecified atom stereocenters. The zero-order chi connectivity index (χ0) is 16.0. The molecule has 0 N–H and O–H groups in total. The quantitative estimate of drug-likeness (QED) is 0.725. The van der Waals surface area contributed by atoms with Crippen molar-refractivity contribution < 1.29 is 28.4 Å². The van der Waals surface area contributed by atoms with E-state index in [1.165, 1.54) is 0 Å². The van der Waals surface area contributed by atoms with Gasteiger partial charge in [-0.2, -0.15) is 0 Å². The van der Waals surface area contributed by atoms with Crippen molar-refractivity contribution in [2.45, 2.75) is 89.7 Å². The maximum atomic E-state index is 6.08. The molecule has 128 valence electrons. The Hall–Kier alpha value is -0.240. The first-order valence-corrected chi connectivity index (χ1v) is 8.26. The molecule has 6 heteroatoms. The molecule has 0 aromatic carbocycles. The second kappa shape index (κ2) is 6.00. The van der Waals surface area contributed by atoms with E-state index in [1.54, 1.807) is 0 Å². The van der Waals surface area contributed by atoms with E-state index in [0.717, 1.165) is 12.8 Å². The van der Waals surface area contributed by atoms with E-state index in [0.29, 0.717) is 13.2 Å². The average Bonchev–Trinajstić information content (AvgIpc) is 3.01. The Morgan fingerprint density at radius 2 is 1.77 bits per heavy atom. The van der Waals surface area contributed by atoms with Gasteiger partial charge in [0, 0.05) is 6.61 Å². The zero-order valence-electron chi connectivity index (χ0n) is 14.2. The van der Waals surface area contributed by atoms with Gasteiger partial charge in [0.2, 0.25) is 0 Å². The Bertz CT molecular complexity index is 396. The molecule has 0 bridgehead atoms. The standard InChI is InChI=1S/C16H28O6/c1-6-7-8-17-12-11(10-9-18-15(2,3)20-10)19-14-13(12)21-16(4,5)22-14/h10-14H,6-9H2,1-5H3/t10?,11-,12-,13-,14-/m1/s1. The van der Waals surface area contributed by atoms with E-state index >= 15 is 0 Å². The van der Waals surface area contributed by atoms with Crippen LogP contribution in [0.3, 0.4) is 0 Å². The first-order valence-electron chi connectivity index (χ1n) is 8.26. The molecule has 0 aromatic rings. The Labute approximate surface area is 132 Å². The van der Waals surface area contributed by atoms with Crippen LogP contribution in [0, 0.1) is 0 Å². The predicted octanol–water partition coefficient (Wildman–Crippen LogP) is 2.20. The minimum atomic E-state index is -0.640. The van der Waals surface area contributed by atoms with Crippen molar-refractivity contribution in [1.29, 1.82) is 0 Å². The summed E-state index contributed by atoms with van der Waals surface area (Å²) in [6.07, 6.45) is 0.889. The van der Waals surface area contributed by atoms with E-state index in [-0.39, 0.29) is 24.4 Å². The Balaban J connectivity index is 1.69. The molecule has 3 aliphatic heterocycles. The number of hydrogen-bond donors (Lipinski definition) is 0. The SMILES string of the molecule is CCCCO[C@H]1[C@H]2OC(C)(C)O[C@H]2O[C@@H]1C1COC(C)(C)O1. The van der Waals surface area contributed by atoms with E-state index in [2.05, 4.69) is 6.92 Å². The molecule has 3 rings (SSSR count). The highest BCUT2D eigenvalue weighted by atomic mass is 16.8. The van der Waals surface area contributed by atoms with E-state index in [4.69, 9.17) is 28.4 Å². The monoisotopic (exact) mass is 316 g/mol. The third-order valence-electron chi connectivity index (χ3n) is 4.23. The molecule has 6 nitrogen and oxygen atoms in total. The number of fused-ring (bicyclic) bond motifs is 1. The molecule has 3 saturated heterocycles. The highest BCUT2D eigenvalue weighted by Gasteiger charge is 2.58. The topological polar surface area (TPSA) is 55.4 Å². The summed E-state index contributed by atoms with van der Waals surface area (Å²) in [4.78, 5) is 0. The Kier molecular flexibility index (Phi) is 4.53. The Morgan fingerprint density at radius 3 is 2.41 bits per heavy atom. The van der Waals surface area contributed by atoms with Crippen LogP contribution >= 0.6 is 0 Å². The fourth-order valence-electron chi connectivity index (χ4n) is 3.23. The summed E-state index contributed by atoms with van der Waals surface area (Å²) in [6, 6.07) is 0. The summed E-state index contributed by atoms with van der Waals surface area (Å²) in [6.45, 7) is 10.9. The van der Waals surface area contributed by atoms with Crippen LogP contribution in [-0.4, -0.2) is 55.5 Å². The summed E-state index contributed by atoms with van der Waals surface area (Å²) in [5.74, 6) is -1.22. The van der Waals surface area contributed by atoms with Gasteiger partial charge >= 0.3 is 0 Å². The molecule has 3 aliphatic rings.